The van der Waals surface area contributed by atoms with Crippen LogP contribution in [0.2, 0.25) is 0 Å². The molecular formula is C23H30N4O3. The summed E-state index contributed by atoms with van der Waals surface area (Å²) < 4.78 is 4.25. The van der Waals surface area contributed by atoms with E-state index in [9.17, 15) is 9.59 Å². The zero-order valence-electron chi connectivity index (χ0n) is 18.3. The van der Waals surface area contributed by atoms with Gasteiger partial charge in [-0.25, -0.2) is 0 Å². The van der Waals surface area contributed by atoms with Crippen molar-refractivity contribution in [2.75, 3.05) is 27.8 Å². The summed E-state index contributed by atoms with van der Waals surface area (Å²) in [6, 6.07) is 7.60. The monoisotopic (exact) mass is 410 g/mol. The highest BCUT2D eigenvalue weighted by Gasteiger charge is 2.29. The normalized spacial score (nSPS) is 14.6. The van der Waals surface area contributed by atoms with E-state index in [1.165, 1.54) is 16.2 Å². The molecule has 0 saturated carbocycles. The average Bonchev–Trinajstić information content (AvgIpc) is 3.29. The molecule has 0 atom stereocenters. The Morgan fingerprint density at radius 2 is 2.03 bits per heavy atom. The van der Waals surface area contributed by atoms with Gasteiger partial charge in [0.25, 0.3) is 5.91 Å². The Hall–Kier alpha value is -2.93. The minimum Gasteiger partial charge on any atom is -0.388 e. The highest BCUT2D eigenvalue weighted by atomic mass is 16.4. The first-order chi connectivity index (χ1) is 14.3. The molecule has 1 aromatic carbocycles. The minimum absolute atomic E-state index is 0.0883. The third-order valence-electron chi connectivity index (χ3n) is 5.48. The Morgan fingerprint density at radius 3 is 2.73 bits per heavy atom. The zero-order chi connectivity index (χ0) is 21.9. The number of nitrogens with zero attached hydrogens (tertiary/aromatic N) is 2. The van der Waals surface area contributed by atoms with Gasteiger partial charge in [-0.3, -0.25) is 9.89 Å². The van der Waals surface area contributed by atoms with Crippen LogP contribution in [0.5, 0.6) is 0 Å². The first kappa shape index (κ1) is 21.8. The molecule has 1 amide bonds. The van der Waals surface area contributed by atoms with Crippen molar-refractivity contribution >= 4 is 23.1 Å². The van der Waals surface area contributed by atoms with Crippen LogP contribution in [0.4, 0.5) is 0 Å². The lowest BCUT2D eigenvalue weighted by molar-refractivity contribution is -0.108. The number of aromatic amines is 2. The molecule has 7 heteroatoms. The molecule has 0 radical (unpaired) electrons. The fourth-order valence-corrected chi connectivity index (χ4v) is 3.88. The van der Waals surface area contributed by atoms with Crippen LogP contribution in [0, 0.1) is 5.41 Å². The van der Waals surface area contributed by atoms with Crippen molar-refractivity contribution in [2.24, 2.45) is 5.41 Å². The predicted molar refractivity (Wildman–Crippen MR) is 118 cm³/mol. The maximum absolute atomic E-state index is 12.4. The summed E-state index contributed by atoms with van der Waals surface area (Å²) in [6.45, 7) is 4.67. The number of fused-ring (bicyclic) bond motifs is 2. The summed E-state index contributed by atoms with van der Waals surface area (Å²) in [4.78, 5) is 27.9. The molecule has 30 heavy (non-hydrogen) atoms. The Labute approximate surface area is 176 Å². The smallest absolute Gasteiger partial charge is 0.254 e. The SMILES string of the molecule is CN(CC=O)C(=O)c1ccc2[nH]c(-c3n[nH]c4c3CCC(C)(C)C4)cc2c1.COC. The molecule has 2 aromatic heterocycles. The minimum atomic E-state index is -0.161. The molecule has 0 unspecified atom stereocenters. The van der Waals surface area contributed by atoms with E-state index in [2.05, 4.69) is 33.8 Å². The van der Waals surface area contributed by atoms with Gasteiger partial charge in [-0.2, -0.15) is 5.10 Å². The molecule has 2 N–H and O–H groups in total. The van der Waals surface area contributed by atoms with Gasteiger partial charge in [-0.15, -0.1) is 0 Å². The van der Waals surface area contributed by atoms with E-state index in [0.717, 1.165) is 47.8 Å². The number of likely N-dealkylation sites (N-methyl/N-ethyl adjacent to an activating group) is 1. The number of rotatable bonds is 4. The summed E-state index contributed by atoms with van der Waals surface area (Å²) in [5.41, 5.74) is 6.31. The van der Waals surface area contributed by atoms with Crippen LogP contribution in [0.25, 0.3) is 22.3 Å². The van der Waals surface area contributed by atoms with Crippen molar-refractivity contribution in [3.8, 4) is 11.4 Å². The maximum atomic E-state index is 12.4. The number of methoxy groups -OCH3 is 1. The van der Waals surface area contributed by atoms with Crippen molar-refractivity contribution in [3.05, 3.63) is 41.1 Å². The number of H-pyrrole nitrogens is 2. The second-order valence-corrected chi connectivity index (χ2v) is 8.62. The van der Waals surface area contributed by atoms with Crippen LogP contribution >= 0.6 is 0 Å². The summed E-state index contributed by atoms with van der Waals surface area (Å²) >= 11 is 0. The highest BCUT2D eigenvalue weighted by molar-refractivity contribution is 5.99. The number of aromatic nitrogens is 3. The van der Waals surface area contributed by atoms with E-state index in [4.69, 9.17) is 0 Å². The number of ether oxygens (including phenoxy) is 1. The van der Waals surface area contributed by atoms with Gasteiger partial charge in [0.05, 0.1) is 12.2 Å². The van der Waals surface area contributed by atoms with Crippen molar-refractivity contribution in [3.63, 3.8) is 0 Å². The quantitative estimate of drug-likeness (QED) is 0.643. The molecular weight excluding hydrogens is 380 g/mol. The van der Waals surface area contributed by atoms with Crippen molar-refractivity contribution in [1.29, 1.82) is 0 Å². The van der Waals surface area contributed by atoms with E-state index in [1.54, 1.807) is 27.3 Å². The van der Waals surface area contributed by atoms with Gasteiger partial charge in [0, 0.05) is 49.0 Å². The third kappa shape index (κ3) is 4.46. The lowest BCUT2D eigenvalue weighted by Gasteiger charge is -2.28. The van der Waals surface area contributed by atoms with E-state index >= 15 is 0 Å². The summed E-state index contributed by atoms with van der Waals surface area (Å²) in [5.74, 6) is -0.161. The molecule has 1 aliphatic carbocycles. The molecule has 160 valence electrons. The van der Waals surface area contributed by atoms with Gasteiger partial charge in [-0.1, -0.05) is 13.8 Å². The van der Waals surface area contributed by atoms with Crippen LogP contribution in [0.1, 0.15) is 41.9 Å². The van der Waals surface area contributed by atoms with Crippen molar-refractivity contribution in [1.82, 2.24) is 20.1 Å². The fraction of sp³-hybridized carbons (Fsp3) is 0.435. The lowest BCUT2D eigenvalue weighted by atomic mass is 9.76. The van der Waals surface area contributed by atoms with E-state index in [-0.39, 0.29) is 12.5 Å². The topological polar surface area (TPSA) is 91.1 Å². The highest BCUT2D eigenvalue weighted by Crippen LogP contribution is 2.38. The van der Waals surface area contributed by atoms with Crippen molar-refractivity contribution in [2.45, 2.75) is 33.1 Å². The van der Waals surface area contributed by atoms with E-state index in [0.29, 0.717) is 11.0 Å². The van der Waals surface area contributed by atoms with Crippen LogP contribution < -0.4 is 0 Å². The van der Waals surface area contributed by atoms with Crippen LogP contribution in [-0.4, -0.2) is 60.1 Å². The van der Waals surface area contributed by atoms with Gasteiger partial charge < -0.3 is 19.4 Å². The van der Waals surface area contributed by atoms with Gasteiger partial charge >= 0.3 is 0 Å². The van der Waals surface area contributed by atoms with Gasteiger partial charge in [0.1, 0.15) is 12.0 Å². The molecule has 4 rings (SSSR count). The molecule has 0 spiro atoms. The van der Waals surface area contributed by atoms with Crippen molar-refractivity contribution < 1.29 is 14.3 Å². The Morgan fingerprint density at radius 1 is 1.30 bits per heavy atom. The maximum Gasteiger partial charge on any atom is 0.254 e. The number of amides is 1. The first-order valence-electron chi connectivity index (χ1n) is 10.1. The fourth-order valence-electron chi connectivity index (χ4n) is 3.88. The first-order valence-corrected chi connectivity index (χ1v) is 10.1. The molecule has 1 aliphatic rings. The Kier molecular flexibility index (Phi) is 6.41. The lowest BCUT2D eigenvalue weighted by Crippen LogP contribution is -2.28. The number of aldehydes is 1. The summed E-state index contributed by atoms with van der Waals surface area (Å²) in [7, 11) is 4.88. The molecule has 0 saturated heterocycles. The molecule has 2 heterocycles. The largest absolute Gasteiger partial charge is 0.388 e. The molecule has 3 aromatic rings. The van der Waals surface area contributed by atoms with Gasteiger partial charge in [0.2, 0.25) is 0 Å². The number of carbonyl (C=O) groups excluding carboxylic acids is 2. The standard InChI is InChI=1S/C21H24N4O2.C2H6O/c1-21(2)7-6-15-18(12-21)23-24-19(15)17-11-14-10-13(4-5-16(14)22-17)20(27)25(3)8-9-26;1-3-2/h4-5,9-11,22H,6-8,12H2,1-3H3,(H,23,24);1-2H3. The van der Waals surface area contributed by atoms with E-state index in [1.807, 2.05) is 18.2 Å². The predicted octanol–water partition coefficient (Wildman–Crippen LogP) is 3.61. The second kappa shape index (κ2) is 8.83. The van der Waals surface area contributed by atoms with Crippen LogP contribution in [-0.2, 0) is 22.4 Å². The zero-order valence-corrected chi connectivity index (χ0v) is 18.3. The van der Waals surface area contributed by atoms with E-state index < -0.39 is 0 Å². The number of benzene rings is 1. The van der Waals surface area contributed by atoms with Crippen LogP contribution in [0.15, 0.2) is 24.3 Å². The number of hydrogen-bond donors (Lipinski definition) is 2. The van der Waals surface area contributed by atoms with Gasteiger partial charge in [-0.05, 0) is 48.9 Å². The summed E-state index contributed by atoms with van der Waals surface area (Å²) in [6.07, 6.45) is 3.91. The molecule has 7 nitrogen and oxygen atoms in total. The molecule has 0 bridgehead atoms. The van der Waals surface area contributed by atoms with Gasteiger partial charge in [0.15, 0.2) is 0 Å². The van der Waals surface area contributed by atoms with Crippen LogP contribution in [0.3, 0.4) is 0 Å². The summed E-state index contributed by atoms with van der Waals surface area (Å²) in [5, 5.41) is 8.75. The third-order valence-corrected chi connectivity index (χ3v) is 5.48. The number of hydrogen-bond acceptors (Lipinski definition) is 4. The average molecular weight is 411 g/mol. The number of carbonyl (C=O) groups is 2. The number of nitrogens with one attached hydrogen (secondary N) is 2. The molecule has 0 fully saturated rings. The Balaban J connectivity index is 0.000000806. The molecule has 0 aliphatic heterocycles. The second-order valence-electron chi connectivity index (χ2n) is 8.62. The Bertz CT molecular complexity index is 1050.